The average Bonchev–Trinajstić information content (AvgIpc) is 2.88. The number of aromatic nitrogens is 4. The predicted molar refractivity (Wildman–Crippen MR) is 134 cm³/mol. The highest BCUT2D eigenvalue weighted by Gasteiger charge is 2.30. The fraction of sp³-hybridized carbons (Fsp3) is 0.259. The Morgan fingerprint density at radius 3 is 2.41 bits per heavy atom. The minimum atomic E-state index is -4.47. The van der Waals surface area contributed by atoms with Crippen LogP contribution in [-0.2, 0) is 12.7 Å². The van der Waals surface area contributed by atoms with Crippen molar-refractivity contribution in [2.75, 3.05) is 27.2 Å². The Kier molecular flexibility index (Phi) is 7.98. The molecule has 4 aromatic rings. The van der Waals surface area contributed by atoms with Gasteiger partial charge in [-0.3, -0.25) is 4.79 Å². The number of halogens is 3. The molecule has 0 radical (unpaired) electrons. The van der Waals surface area contributed by atoms with Crippen LogP contribution in [0.3, 0.4) is 0 Å². The zero-order valence-electron chi connectivity index (χ0n) is 20.4. The first-order valence-corrected chi connectivity index (χ1v) is 11.6. The fourth-order valence-corrected chi connectivity index (χ4v) is 3.66. The van der Waals surface area contributed by atoms with E-state index in [1.807, 2.05) is 38.4 Å². The van der Waals surface area contributed by atoms with Crippen molar-refractivity contribution in [2.24, 2.45) is 0 Å². The van der Waals surface area contributed by atoms with Gasteiger partial charge >= 0.3 is 6.18 Å². The van der Waals surface area contributed by atoms with Gasteiger partial charge in [0.2, 0.25) is 0 Å². The third-order valence-electron chi connectivity index (χ3n) is 5.52. The molecular weight excluding hydrogens is 483 g/mol. The first-order chi connectivity index (χ1) is 17.7. The van der Waals surface area contributed by atoms with Crippen molar-refractivity contribution in [1.82, 2.24) is 24.6 Å². The van der Waals surface area contributed by atoms with Crippen molar-refractivity contribution in [3.63, 3.8) is 0 Å². The summed E-state index contributed by atoms with van der Waals surface area (Å²) >= 11 is 0. The van der Waals surface area contributed by atoms with Gasteiger partial charge in [0, 0.05) is 23.7 Å². The molecule has 0 N–H and O–H groups in total. The van der Waals surface area contributed by atoms with Crippen LogP contribution < -0.4 is 10.3 Å². The molecule has 2 aromatic heterocycles. The van der Waals surface area contributed by atoms with Gasteiger partial charge in [-0.1, -0.05) is 30.3 Å². The van der Waals surface area contributed by atoms with E-state index in [1.54, 1.807) is 12.4 Å². The zero-order valence-corrected chi connectivity index (χ0v) is 20.4. The molecule has 7 nitrogen and oxygen atoms in total. The summed E-state index contributed by atoms with van der Waals surface area (Å²) in [7, 11) is 4.01. The molecular formula is C27H26F3N5O2. The Bertz CT molecular complexity index is 1400. The lowest BCUT2D eigenvalue weighted by Crippen LogP contribution is -2.22. The van der Waals surface area contributed by atoms with Gasteiger partial charge in [-0.25, -0.2) is 14.6 Å². The van der Waals surface area contributed by atoms with Crippen molar-refractivity contribution in [3.8, 4) is 28.4 Å². The van der Waals surface area contributed by atoms with E-state index >= 15 is 0 Å². The highest BCUT2D eigenvalue weighted by Crippen LogP contribution is 2.31. The van der Waals surface area contributed by atoms with Gasteiger partial charge in [0.15, 0.2) is 11.6 Å². The van der Waals surface area contributed by atoms with Gasteiger partial charge in [-0.05, 0) is 50.3 Å². The minimum absolute atomic E-state index is 0.131. The number of alkyl halides is 3. The number of hydrogen-bond acceptors (Lipinski definition) is 6. The molecule has 0 bridgehead atoms. The number of rotatable bonds is 9. The molecule has 0 fully saturated rings. The van der Waals surface area contributed by atoms with Crippen molar-refractivity contribution in [3.05, 3.63) is 94.5 Å². The molecule has 192 valence electrons. The molecule has 10 heteroatoms. The lowest BCUT2D eigenvalue weighted by Gasteiger charge is -2.11. The van der Waals surface area contributed by atoms with Crippen LogP contribution in [0.5, 0.6) is 5.75 Å². The second-order valence-electron chi connectivity index (χ2n) is 8.74. The molecule has 0 amide bonds. The van der Waals surface area contributed by atoms with Gasteiger partial charge < -0.3 is 9.64 Å². The Labute approximate surface area is 212 Å². The first-order valence-electron chi connectivity index (χ1n) is 11.6. The van der Waals surface area contributed by atoms with Crippen molar-refractivity contribution in [1.29, 1.82) is 0 Å². The van der Waals surface area contributed by atoms with E-state index < -0.39 is 11.7 Å². The van der Waals surface area contributed by atoms with Gasteiger partial charge in [0.05, 0.1) is 36.8 Å². The van der Waals surface area contributed by atoms with Crippen molar-refractivity contribution < 1.29 is 17.9 Å². The lowest BCUT2D eigenvalue weighted by atomic mass is 10.1. The monoisotopic (exact) mass is 509 g/mol. The quantitative estimate of drug-likeness (QED) is 0.303. The molecule has 0 aliphatic rings. The molecule has 0 aliphatic heterocycles. The molecule has 37 heavy (non-hydrogen) atoms. The number of benzene rings is 2. The summed E-state index contributed by atoms with van der Waals surface area (Å²) in [5, 5.41) is 4.31. The Morgan fingerprint density at radius 2 is 1.68 bits per heavy atom. The molecule has 0 aliphatic carbocycles. The van der Waals surface area contributed by atoms with E-state index in [9.17, 15) is 18.0 Å². The Balaban J connectivity index is 1.50. The zero-order chi connectivity index (χ0) is 26.4. The summed E-state index contributed by atoms with van der Waals surface area (Å²) in [4.78, 5) is 23.3. The Hall–Kier alpha value is -4.05. The maximum Gasteiger partial charge on any atom is 0.416 e. The van der Waals surface area contributed by atoms with Crippen LogP contribution >= 0.6 is 0 Å². The van der Waals surface area contributed by atoms with Gasteiger partial charge in [-0.15, -0.1) is 0 Å². The second-order valence-corrected chi connectivity index (χ2v) is 8.74. The van der Waals surface area contributed by atoms with Crippen LogP contribution in [0.4, 0.5) is 13.2 Å². The average molecular weight is 510 g/mol. The van der Waals surface area contributed by atoms with Crippen molar-refractivity contribution >= 4 is 0 Å². The molecule has 0 saturated carbocycles. The van der Waals surface area contributed by atoms with Gasteiger partial charge in [-0.2, -0.15) is 18.3 Å². The van der Waals surface area contributed by atoms with Gasteiger partial charge in [0.1, 0.15) is 0 Å². The summed E-state index contributed by atoms with van der Waals surface area (Å²) in [6, 6.07) is 14.9. The van der Waals surface area contributed by atoms with Gasteiger partial charge in [0.25, 0.3) is 5.56 Å². The van der Waals surface area contributed by atoms with Crippen LogP contribution in [0.1, 0.15) is 17.5 Å². The molecule has 4 rings (SSSR count). The maximum absolute atomic E-state index is 13.1. The van der Waals surface area contributed by atoms with E-state index in [0.717, 1.165) is 36.2 Å². The molecule has 2 aromatic carbocycles. The SMILES string of the molecule is CN(C)CCCOc1cnc(-c2cccc(Cn3nc(-c4cccc(C(F)(F)F)c4)ccc3=O)c2)nc1. The number of nitrogens with zero attached hydrogens (tertiary/aromatic N) is 5. The Morgan fingerprint density at radius 1 is 0.946 bits per heavy atom. The van der Waals surface area contributed by atoms with Crippen LogP contribution in [0.2, 0.25) is 0 Å². The van der Waals surface area contributed by atoms with E-state index in [4.69, 9.17) is 4.74 Å². The highest BCUT2D eigenvalue weighted by molar-refractivity contribution is 5.59. The lowest BCUT2D eigenvalue weighted by molar-refractivity contribution is -0.137. The summed E-state index contributed by atoms with van der Waals surface area (Å²) < 4.78 is 46.2. The van der Waals surface area contributed by atoms with Crippen LogP contribution in [0.15, 0.2) is 77.9 Å². The standard InChI is InChI=1S/C27H26F3N5O2/c1-34(2)12-5-13-37-23-16-31-26(32-17-23)21-8-3-6-19(14-21)18-35-25(36)11-10-24(33-35)20-7-4-9-22(15-20)27(28,29)30/h3-4,6-11,14-17H,5,12-13,18H2,1-2H3. The molecule has 2 heterocycles. The van der Waals surface area contributed by atoms with E-state index in [2.05, 4.69) is 20.0 Å². The smallest absolute Gasteiger partial charge is 0.416 e. The normalized spacial score (nSPS) is 11.6. The molecule has 0 spiro atoms. The predicted octanol–water partition coefficient (Wildman–Crippen LogP) is 4.76. The van der Waals surface area contributed by atoms with Crippen molar-refractivity contribution in [2.45, 2.75) is 19.1 Å². The summed E-state index contributed by atoms with van der Waals surface area (Å²) in [5.74, 6) is 1.08. The van der Waals surface area contributed by atoms with Crippen LogP contribution in [0, 0.1) is 0 Å². The largest absolute Gasteiger partial charge is 0.490 e. The van der Waals surface area contributed by atoms with E-state index in [-0.39, 0.29) is 23.4 Å². The number of ether oxygens (including phenoxy) is 1. The summed E-state index contributed by atoms with van der Waals surface area (Å²) in [5.41, 5.74) is 0.913. The molecule has 0 saturated heterocycles. The third-order valence-corrected chi connectivity index (χ3v) is 5.52. The number of hydrogen-bond donors (Lipinski definition) is 0. The summed E-state index contributed by atoms with van der Waals surface area (Å²) in [6.07, 6.45) is -0.340. The molecule has 0 unspecified atom stereocenters. The maximum atomic E-state index is 13.1. The van der Waals surface area contributed by atoms with Crippen LogP contribution in [-0.4, -0.2) is 51.9 Å². The van der Waals surface area contributed by atoms with Crippen LogP contribution in [0.25, 0.3) is 22.6 Å². The highest BCUT2D eigenvalue weighted by atomic mass is 19.4. The first kappa shape index (κ1) is 26.0. The minimum Gasteiger partial charge on any atom is -0.490 e. The van der Waals surface area contributed by atoms with E-state index in [0.29, 0.717) is 18.2 Å². The summed E-state index contributed by atoms with van der Waals surface area (Å²) in [6.45, 7) is 1.62. The molecule has 0 atom stereocenters. The topological polar surface area (TPSA) is 73.1 Å². The second kappa shape index (κ2) is 11.3. The third kappa shape index (κ3) is 7.01. The fourth-order valence-electron chi connectivity index (χ4n) is 3.66. The van der Waals surface area contributed by atoms with E-state index in [1.165, 1.54) is 28.9 Å².